The first-order chi connectivity index (χ1) is 11.1. The summed E-state index contributed by atoms with van der Waals surface area (Å²) in [5.74, 6) is 1.34. The van der Waals surface area contributed by atoms with Crippen LogP contribution in [0.15, 0.2) is 30.5 Å². The second-order valence-electron chi connectivity index (χ2n) is 5.25. The quantitative estimate of drug-likeness (QED) is 0.875. The predicted octanol–water partition coefficient (Wildman–Crippen LogP) is 3.11. The number of amides is 1. The number of fused-ring (bicyclic) bond motifs is 1. The van der Waals surface area contributed by atoms with Crippen molar-refractivity contribution in [3.05, 3.63) is 45.9 Å². The molecular weight excluding hydrogens is 312 g/mol. The van der Waals surface area contributed by atoms with Crippen LogP contribution in [0.4, 0.5) is 0 Å². The van der Waals surface area contributed by atoms with Gasteiger partial charge in [-0.15, -0.1) is 11.3 Å². The summed E-state index contributed by atoms with van der Waals surface area (Å²) in [4.78, 5) is 17.1. The highest BCUT2D eigenvalue weighted by atomic mass is 32.1. The van der Waals surface area contributed by atoms with Crippen molar-refractivity contribution < 1.29 is 14.3 Å². The maximum absolute atomic E-state index is 12.0. The van der Waals surface area contributed by atoms with E-state index in [9.17, 15) is 4.79 Å². The van der Waals surface area contributed by atoms with Crippen LogP contribution in [-0.2, 0) is 4.79 Å². The molecule has 0 aliphatic carbocycles. The van der Waals surface area contributed by atoms with Gasteiger partial charge in [-0.25, -0.2) is 4.98 Å². The number of carbonyl (C=O) groups excluding carboxylic acids is 1. The van der Waals surface area contributed by atoms with Crippen LogP contribution in [0, 0.1) is 6.92 Å². The lowest BCUT2D eigenvalue weighted by Gasteiger charge is -2.20. The topological polar surface area (TPSA) is 60.5 Å². The molecule has 0 spiro atoms. The highest BCUT2D eigenvalue weighted by Crippen LogP contribution is 2.32. The van der Waals surface area contributed by atoms with Crippen LogP contribution >= 0.6 is 11.3 Å². The zero-order valence-corrected chi connectivity index (χ0v) is 13.9. The molecule has 6 heteroatoms. The van der Waals surface area contributed by atoms with Gasteiger partial charge in [-0.1, -0.05) is 6.07 Å². The van der Waals surface area contributed by atoms with E-state index in [1.807, 2.05) is 32.0 Å². The van der Waals surface area contributed by atoms with Crippen molar-refractivity contribution in [3.8, 4) is 11.5 Å². The molecule has 1 amide bonds. The summed E-state index contributed by atoms with van der Waals surface area (Å²) in [6, 6.07) is 5.61. The number of rotatable bonds is 4. The van der Waals surface area contributed by atoms with Crippen molar-refractivity contribution in [2.24, 2.45) is 0 Å². The van der Waals surface area contributed by atoms with Crippen molar-refractivity contribution in [2.75, 3.05) is 13.2 Å². The number of nitrogens with one attached hydrogen (secondary N) is 1. The Hall–Kier alpha value is -2.34. The summed E-state index contributed by atoms with van der Waals surface area (Å²) in [7, 11) is 0. The summed E-state index contributed by atoms with van der Waals surface area (Å²) < 4.78 is 11.1. The fourth-order valence-corrected chi connectivity index (χ4v) is 2.97. The molecule has 5 nitrogen and oxygen atoms in total. The van der Waals surface area contributed by atoms with Crippen LogP contribution in [0.1, 0.15) is 28.4 Å². The SMILES string of the molecule is Cc1ncc(/C=C\C(=O)N[C@H](C)c2ccc3c(c2)OCCO3)s1. The van der Waals surface area contributed by atoms with Crippen molar-refractivity contribution in [1.29, 1.82) is 0 Å². The number of thiazole rings is 1. The fraction of sp³-hybridized carbons (Fsp3) is 0.294. The number of hydrogen-bond acceptors (Lipinski definition) is 5. The van der Waals surface area contributed by atoms with Crippen molar-refractivity contribution in [3.63, 3.8) is 0 Å². The molecule has 2 heterocycles. The van der Waals surface area contributed by atoms with E-state index in [1.54, 1.807) is 23.6 Å². The number of nitrogens with zero attached hydrogens (tertiary/aromatic N) is 1. The van der Waals surface area contributed by atoms with E-state index in [0.717, 1.165) is 26.9 Å². The Bertz CT molecular complexity index is 739. The maximum atomic E-state index is 12.0. The number of aromatic nitrogens is 1. The lowest BCUT2D eigenvalue weighted by molar-refractivity contribution is -0.117. The molecule has 1 atom stereocenters. The van der Waals surface area contributed by atoms with Gasteiger partial charge in [-0.2, -0.15) is 0 Å². The fourth-order valence-electron chi connectivity index (χ4n) is 2.29. The van der Waals surface area contributed by atoms with E-state index in [0.29, 0.717) is 13.2 Å². The van der Waals surface area contributed by atoms with Gasteiger partial charge in [-0.3, -0.25) is 4.79 Å². The summed E-state index contributed by atoms with van der Waals surface area (Å²) in [5.41, 5.74) is 0.977. The van der Waals surface area contributed by atoms with Gasteiger partial charge in [0.05, 0.1) is 11.0 Å². The lowest BCUT2D eigenvalue weighted by atomic mass is 10.1. The molecule has 23 heavy (non-hydrogen) atoms. The minimum absolute atomic E-state index is 0.119. The third-order valence-corrected chi connectivity index (χ3v) is 4.34. The summed E-state index contributed by atoms with van der Waals surface area (Å²) >= 11 is 1.55. The molecule has 120 valence electrons. The highest BCUT2D eigenvalue weighted by molar-refractivity contribution is 7.12. The van der Waals surface area contributed by atoms with Gasteiger partial charge in [0.15, 0.2) is 11.5 Å². The zero-order chi connectivity index (χ0) is 16.2. The standard InChI is InChI=1S/C17H18N2O3S/c1-11(13-3-5-15-16(9-13)22-8-7-21-15)19-17(20)6-4-14-10-18-12(2)23-14/h3-6,9-11H,7-8H2,1-2H3,(H,19,20)/b6-4-/t11-/m1/s1. The van der Waals surface area contributed by atoms with Gasteiger partial charge in [0, 0.05) is 17.2 Å². The molecule has 0 unspecified atom stereocenters. The van der Waals surface area contributed by atoms with Crippen LogP contribution < -0.4 is 14.8 Å². The molecule has 0 radical (unpaired) electrons. The first-order valence-electron chi connectivity index (χ1n) is 7.42. The molecular formula is C17H18N2O3S. The number of carbonyl (C=O) groups is 1. The lowest BCUT2D eigenvalue weighted by Crippen LogP contribution is -2.25. The number of aryl methyl sites for hydroxylation is 1. The van der Waals surface area contributed by atoms with Crippen LogP contribution in [0.25, 0.3) is 6.08 Å². The molecule has 1 N–H and O–H groups in total. The molecule has 0 bridgehead atoms. The first kappa shape index (κ1) is 15.6. The molecule has 1 aromatic carbocycles. The highest BCUT2D eigenvalue weighted by Gasteiger charge is 2.15. The van der Waals surface area contributed by atoms with Crippen molar-refractivity contribution in [2.45, 2.75) is 19.9 Å². The zero-order valence-electron chi connectivity index (χ0n) is 13.0. The normalized spacial score (nSPS) is 14.7. The van der Waals surface area contributed by atoms with Gasteiger partial charge in [0.2, 0.25) is 5.91 Å². The Morgan fingerprint density at radius 3 is 2.87 bits per heavy atom. The molecule has 0 saturated carbocycles. The van der Waals surface area contributed by atoms with Crippen LogP contribution in [0.3, 0.4) is 0 Å². The van der Waals surface area contributed by atoms with Gasteiger partial charge in [0.1, 0.15) is 13.2 Å². The third kappa shape index (κ3) is 3.90. The third-order valence-electron chi connectivity index (χ3n) is 3.46. The maximum Gasteiger partial charge on any atom is 0.244 e. The Morgan fingerprint density at radius 2 is 2.13 bits per heavy atom. The van der Waals surface area contributed by atoms with Crippen molar-refractivity contribution in [1.82, 2.24) is 10.3 Å². The van der Waals surface area contributed by atoms with Crippen LogP contribution in [0.5, 0.6) is 11.5 Å². The van der Waals surface area contributed by atoms with E-state index in [4.69, 9.17) is 9.47 Å². The van der Waals surface area contributed by atoms with Gasteiger partial charge < -0.3 is 14.8 Å². The minimum Gasteiger partial charge on any atom is -0.486 e. The molecule has 1 aliphatic rings. The Kier molecular flexibility index (Phi) is 4.62. The van der Waals surface area contributed by atoms with Crippen LogP contribution in [-0.4, -0.2) is 24.1 Å². The van der Waals surface area contributed by atoms with Crippen molar-refractivity contribution >= 4 is 23.3 Å². The first-order valence-corrected chi connectivity index (χ1v) is 8.24. The summed E-state index contributed by atoms with van der Waals surface area (Å²) in [6.07, 6.45) is 5.06. The van der Waals surface area contributed by atoms with E-state index in [2.05, 4.69) is 10.3 Å². The average Bonchev–Trinajstić information content (AvgIpc) is 2.98. The van der Waals surface area contributed by atoms with Crippen LogP contribution in [0.2, 0.25) is 0 Å². The monoisotopic (exact) mass is 330 g/mol. The number of ether oxygens (including phenoxy) is 2. The predicted molar refractivity (Wildman–Crippen MR) is 89.9 cm³/mol. The molecule has 1 aromatic heterocycles. The molecule has 1 aliphatic heterocycles. The second kappa shape index (κ2) is 6.83. The van der Waals surface area contributed by atoms with E-state index in [-0.39, 0.29) is 11.9 Å². The largest absolute Gasteiger partial charge is 0.486 e. The van der Waals surface area contributed by atoms with E-state index < -0.39 is 0 Å². The minimum atomic E-state index is -0.140. The average molecular weight is 330 g/mol. The Balaban J connectivity index is 1.63. The van der Waals surface area contributed by atoms with E-state index >= 15 is 0 Å². The molecule has 0 saturated heterocycles. The second-order valence-corrected chi connectivity index (χ2v) is 6.51. The smallest absolute Gasteiger partial charge is 0.244 e. The Morgan fingerprint density at radius 1 is 1.35 bits per heavy atom. The summed E-state index contributed by atoms with van der Waals surface area (Å²) in [5, 5.41) is 3.92. The summed E-state index contributed by atoms with van der Waals surface area (Å²) in [6.45, 7) is 4.99. The van der Waals surface area contributed by atoms with Gasteiger partial charge in [-0.05, 0) is 37.6 Å². The Labute approximate surface area is 139 Å². The molecule has 2 aromatic rings. The van der Waals surface area contributed by atoms with E-state index in [1.165, 1.54) is 6.08 Å². The molecule has 0 fully saturated rings. The van der Waals surface area contributed by atoms with Gasteiger partial charge in [0.25, 0.3) is 0 Å². The number of benzene rings is 1. The van der Waals surface area contributed by atoms with Gasteiger partial charge >= 0.3 is 0 Å². The number of hydrogen-bond donors (Lipinski definition) is 1. The molecule has 3 rings (SSSR count).